The van der Waals surface area contributed by atoms with Crippen molar-refractivity contribution >= 4 is 10.9 Å². The summed E-state index contributed by atoms with van der Waals surface area (Å²) < 4.78 is 16.4. The molecule has 0 amide bonds. The van der Waals surface area contributed by atoms with Gasteiger partial charge in [-0.2, -0.15) is 0 Å². The normalized spacial score (nSPS) is 17.0. The molecule has 100 valence electrons. The van der Waals surface area contributed by atoms with Crippen molar-refractivity contribution in [2.75, 3.05) is 0 Å². The van der Waals surface area contributed by atoms with Gasteiger partial charge in [-0.15, -0.1) is 0 Å². The van der Waals surface area contributed by atoms with Crippen molar-refractivity contribution in [1.29, 1.82) is 0 Å². The molecule has 3 aromatic rings. The fourth-order valence-electron chi connectivity index (χ4n) is 2.87. The van der Waals surface area contributed by atoms with Gasteiger partial charge in [0.2, 0.25) is 0 Å². The maximum Gasteiger partial charge on any atom is 0.277 e. The van der Waals surface area contributed by atoms with E-state index in [0.717, 1.165) is 5.56 Å². The zero-order chi connectivity index (χ0) is 13.9. The molecule has 20 heavy (non-hydrogen) atoms. The first-order valence-electron chi connectivity index (χ1n) is 6.36. The molecule has 0 radical (unpaired) electrons. The summed E-state index contributed by atoms with van der Waals surface area (Å²) >= 11 is 0. The van der Waals surface area contributed by atoms with Crippen LogP contribution in [0.1, 0.15) is 11.8 Å². The molecule has 0 fully saturated rings. The first-order valence-corrected chi connectivity index (χ1v) is 6.36. The van der Waals surface area contributed by atoms with E-state index < -0.39 is 6.23 Å². The van der Waals surface area contributed by atoms with Gasteiger partial charge in [-0.1, -0.05) is 18.2 Å². The van der Waals surface area contributed by atoms with E-state index in [4.69, 9.17) is 0 Å². The molecule has 1 atom stereocenters. The minimum atomic E-state index is -0.937. The van der Waals surface area contributed by atoms with E-state index >= 15 is 0 Å². The highest BCUT2D eigenvalue weighted by Crippen LogP contribution is 2.29. The van der Waals surface area contributed by atoms with E-state index in [9.17, 15) is 14.3 Å². The van der Waals surface area contributed by atoms with Crippen LogP contribution in [0.4, 0.5) is 4.39 Å². The third-order valence-electron chi connectivity index (χ3n) is 3.75. The molecule has 4 nitrogen and oxygen atoms in total. The number of benzene rings is 2. The maximum atomic E-state index is 13.5. The summed E-state index contributed by atoms with van der Waals surface area (Å²) in [6.45, 7) is 0. The fourth-order valence-corrected chi connectivity index (χ4v) is 2.87. The lowest BCUT2D eigenvalue weighted by Gasteiger charge is -2.25. The largest absolute Gasteiger partial charge is 0.371 e. The maximum absolute atomic E-state index is 13.5. The van der Waals surface area contributed by atoms with Crippen molar-refractivity contribution in [3.8, 4) is 5.69 Å². The summed E-state index contributed by atoms with van der Waals surface area (Å²) in [6, 6.07) is 11.5. The van der Waals surface area contributed by atoms with E-state index in [1.807, 2.05) is 6.07 Å². The molecule has 1 aliphatic rings. The van der Waals surface area contributed by atoms with Gasteiger partial charge in [0.05, 0.1) is 16.6 Å². The van der Waals surface area contributed by atoms with Crippen LogP contribution in [0.25, 0.3) is 16.6 Å². The van der Waals surface area contributed by atoms with Crippen LogP contribution in [0.15, 0.2) is 47.3 Å². The van der Waals surface area contributed by atoms with Gasteiger partial charge < -0.3 is 5.11 Å². The number of aliphatic hydroxyl groups excluding tert-OH is 1. The Kier molecular flexibility index (Phi) is 2.17. The highest BCUT2D eigenvalue weighted by molar-refractivity contribution is 5.80. The fraction of sp³-hybridized carbons (Fsp3) is 0.133. The summed E-state index contributed by atoms with van der Waals surface area (Å²) in [5.41, 5.74) is 1.83. The van der Waals surface area contributed by atoms with Crippen molar-refractivity contribution < 1.29 is 9.50 Å². The van der Waals surface area contributed by atoms with E-state index in [0.29, 0.717) is 23.0 Å². The number of hydrogen-bond acceptors (Lipinski definition) is 2. The van der Waals surface area contributed by atoms with Gasteiger partial charge in [-0.3, -0.25) is 4.79 Å². The van der Waals surface area contributed by atoms with Gasteiger partial charge in [0.15, 0.2) is 6.23 Å². The molecule has 2 heterocycles. The molecular formula is C15H11FN2O2. The van der Waals surface area contributed by atoms with E-state index in [2.05, 4.69) is 0 Å². The molecule has 2 aromatic carbocycles. The molecule has 0 saturated heterocycles. The van der Waals surface area contributed by atoms with Gasteiger partial charge in [-0.05, 0) is 29.8 Å². The molecule has 1 aromatic heterocycles. The molecule has 1 N–H and O–H groups in total. The molecule has 5 heteroatoms. The predicted molar refractivity (Wildman–Crippen MR) is 72.5 cm³/mol. The van der Waals surface area contributed by atoms with Gasteiger partial charge in [0.25, 0.3) is 5.56 Å². The summed E-state index contributed by atoms with van der Waals surface area (Å²) in [4.78, 5) is 12.4. The lowest BCUT2D eigenvalue weighted by Crippen LogP contribution is -2.32. The minimum Gasteiger partial charge on any atom is -0.371 e. The van der Waals surface area contributed by atoms with Crippen molar-refractivity contribution in [3.63, 3.8) is 0 Å². The number of hydrogen-bond donors (Lipinski definition) is 1. The van der Waals surface area contributed by atoms with Crippen LogP contribution in [0.5, 0.6) is 0 Å². The smallest absolute Gasteiger partial charge is 0.277 e. The summed E-state index contributed by atoms with van der Waals surface area (Å²) in [6.07, 6.45) is -0.640. The number of para-hydroxylation sites is 1. The van der Waals surface area contributed by atoms with Crippen LogP contribution in [-0.2, 0) is 6.42 Å². The van der Waals surface area contributed by atoms with Crippen molar-refractivity contribution in [1.82, 2.24) is 9.36 Å². The zero-order valence-corrected chi connectivity index (χ0v) is 10.5. The molecule has 0 bridgehead atoms. The van der Waals surface area contributed by atoms with Gasteiger partial charge in [0.1, 0.15) is 5.82 Å². The minimum absolute atomic E-state index is 0.261. The van der Waals surface area contributed by atoms with Crippen LogP contribution in [-0.4, -0.2) is 14.5 Å². The van der Waals surface area contributed by atoms with E-state index in [-0.39, 0.29) is 11.4 Å². The van der Waals surface area contributed by atoms with Crippen molar-refractivity contribution in [2.45, 2.75) is 12.6 Å². The number of fused-ring (bicyclic) bond motifs is 5. The first kappa shape index (κ1) is 11.4. The monoisotopic (exact) mass is 270 g/mol. The number of aliphatic hydroxyl groups is 1. The van der Waals surface area contributed by atoms with E-state index in [1.54, 1.807) is 28.9 Å². The Morgan fingerprint density at radius 2 is 2.00 bits per heavy atom. The van der Waals surface area contributed by atoms with E-state index in [1.165, 1.54) is 16.8 Å². The van der Waals surface area contributed by atoms with Crippen LogP contribution >= 0.6 is 0 Å². The highest BCUT2D eigenvalue weighted by atomic mass is 19.1. The molecule has 0 spiro atoms. The van der Waals surface area contributed by atoms with Gasteiger partial charge in [0, 0.05) is 6.42 Å². The molecular weight excluding hydrogens is 259 g/mol. The second kappa shape index (κ2) is 3.80. The highest BCUT2D eigenvalue weighted by Gasteiger charge is 2.26. The Labute approximate surface area is 113 Å². The third-order valence-corrected chi connectivity index (χ3v) is 3.75. The molecule has 0 aliphatic carbocycles. The Bertz CT molecular complexity index is 895. The van der Waals surface area contributed by atoms with Crippen molar-refractivity contribution in [3.05, 3.63) is 64.2 Å². The third kappa shape index (κ3) is 1.35. The number of nitrogens with zero attached hydrogens (tertiary/aromatic N) is 2. The van der Waals surface area contributed by atoms with Gasteiger partial charge in [-0.25, -0.2) is 13.8 Å². The molecule has 0 saturated carbocycles. The number of aromatic nitrogens is 2. The lowest BCUT2D eigenvalue weighted by molar-refractivity contribution is 0.0748. The topological polar surface area (TPSA) is 47.2 Å². The second-order valence-electron chi connectivity index (χ2n) is 4.94. The number of rotatable bonds is 0. The summed E-state index contributed by atoms with van der Waals surface area (Å²) in [5, 5.41) is 10.7. The Hall–Kier alpha value is -2.40. The van der Waals surface area contributed by atoms with Gasteiger partial charge >= 0.3 is 0 Å². The molecule has 1 aliphatic heterocycles. The summed E-state index contributed by atoms with van der Waals surface area (Å²) in [7, 11) is 0. The average molecular weight is 270 g/mol. The number of halogens is 1. The predicted octanol–water partition coefficient (Wildman–Crippen LogP) is 1.98. The van der Waals surface area contributed by atoms with Crippen LogP contribution in [0, 0.1) is 5.82 Å². The standard InChI is InChI=1S/C15H11FN2O2/c16-10-6-5-9-7-14(19)18-15(20)11-3-1-2-4-12(11)17(18)13(9)8-10/h1-6,8,14,19H,7H2. The first-order chi connectivity index (χ1) is 9.66. The molecule has 4 rings (SSSR count). The summed E-state index contributed by atoms with van der Waals surface area (Å²) in [5.74, 6) is -0.364. The van der Waals surface area contributed by atoms with Crippen LogP contribution < -0.4 is 5.56 Å². The Balaban J connectivity index is 2.21. The van der Waals surface area contributed by atoms with Crippen molar-refractivity contribution in [2.24, 2.45) is 0 Å². The van der Waals surface area contributed by atoms with Crippen LogP contribution in [0.3, 0.4) is 0 Å². The molecule has 1 unspecified atom stereocenters. The Morgan fingerprint density at radius 1 is 1.20 bits per heavy atom. The average Bonchev–Trinajstić information content (AvgIpc) is 2.75. The Morgan fingerprint density at radius 3 is 2.85 bits per heavy atom. The van der Waals surface area contributed by atoms with Crippen LogP contribution in [0.2, 0.25) is 0 Å². The zero-order valence-electron chi connectivity index (χ0n) is 10.5. The lowest BCUT2D eigenvalue weighted by atomic mass is 10.1. The SMILES string of the molecule is O=c1c2ccccc2n2n1C(O)Cc1ccc(F)cc1-2. The quantitative estimate of drug-likeness (QED) is 0.679. The second-order valence-corrected chi connectivity index (χ2v) is 4.94.